The standard InChI is InChI=1S/C20H21BN4O2/c1-3-14-9-17(10-15-12-27-21(26)18(14)15)24-20-22-11-13(2)19(25-20)23-16-7-5-4-6-8-16/h4-11,26H,3,12H2,1-2H3,(H2,22,23,24,25). The molecule has 0 amide bonds. The molecule has 136 valence electrons. The summed E-state index contributed by atoms with van der Waals surface area (Å²) in [5, 5.41) is 16.6. The predicted molar refractivity (Wildman–Crippen MR) is 108 cm³/mol. The van der Waals surface area contributed by atoms with Crippen LogP contribution in [0.25, 0.3) is 0 Å². The van der Waals surface area contributed by atoms with E-state index in [0.29, 0.717) is 12.6 Å². The molecule has 0 radical (unpaired) electrons. The van der Waals surface area contributed by atoms with Crippen LogP contribution in [-0.4, -0.2) is 22.1 Å². The second-order valence-electron chi connectivity index (χ2n) is 6.57. The first-order chi connectivity index (χ1) is 13.1. The number of aryl methyl sites for hydroxylation is 2. The molecule has 3 aromatic rings. The molecule has 4 rings (SSSR count). The fraction of sp³-hybridized carbons (Fsp3) is 0.200. The number of aromatic nitrogens is 2. The summed E-state index contributed by atoms with van der Waals surface area (Å²) >= 11 is 0. The molecule has 0 spiro atoms. The van der Waals surface area contributed by atoms with Gasteiger partial charge in [0, 0.05) is 23.1 Å². The average molecular weight is 360 g/mol. The largest absolute Gasteiger partial charge is 0.492 e. The molecule has 0 aliphatic carbocycles. The van der Waals surface area contributed by atoms with Crippen LogP contribution in [0.3, 0.4) is 0 Å². The van der Waals surface area contributed by atoms with Crippen molar-refractivity contribution >= 4 is 35.7 Å². The number of para-hydroxylation sites is 1. The summed E-state index contributed by atoms with van der Waals surface area (Å²) in [5.74, 6) is 1.27. The number of fused-ring (bicyclic) bond motifs is 1. The lowest BCUT2D eigenvalue weighted by atomic mass is 9.75. The highest BCUT2D eigenvalue weighted by Gasteiger charge is 2.30. The van der Waals surface area contributed by atoms with Gasteiger partial charge in [-0.05, 0) is 54.2 Å². The van der Waals surface area contributed by atoms with E-state index in [1.165, 1.54) is 0 Å². The second kappa shape index (κ2) is 7.38. The van der Waals surface area contributed by atoms with Crippen molar-refractivity contribution in [3.05, 3.63) is 65.4 Å². The monoisotopic (exact) mass is 360 g/mol. The molecule has 1 aliphatic heterocycles. The maximum atomic E-state index is 10.0. The minimum atomic E-state index is -0.832. The molecule has 2 aromatic carbocycles. The fourth-order valence-electron chi connectivity index (χ4n) is 3.25. The van der Waals surface area contributed by atoms with Crippen molar-refractivity contribution in [2.24, 2.45) is 0 Å². The summed E-state index contributed by atoms with van der Waals surface area (Å²) in [5.41, 5.74) is 5.78. The number of rotatable bonds is 5. The van der Waals surface area contributed by atoms with Crippen molar-refractivity contribution in [1.82, 2.24) is 9.97 Å². The molecule has 7 heteroatoms. The Hall–Kier alpha value is -2.90. The van der Waals surface area contributed by atoms with Crippen LogP contribution in [-0.2, 0) is 17.7 Å². The van der Waals surface area contributed by atoms with Gasteiger partial charge in [-0.25, -0.2) is 4.98 Å². The summed E-state index contributed by atoms with van der Waals surface area (Å²) in [6.45, 7) is 4.45. The Balaban J connectivity index is 1.61. The van der Waals surface area contributed by atoms with Gasteiger partial charge in [-0.3, -0.25) is 0 Å². The van der Waals surface area contributed by atoms with Crippen molar-refractivity contribution in [3.8, 4) is 0 Å². The molecule has 0 saturated carbocycles. The van der Waals surface area contributed by atoms with Gasteiger partial charge in [0.2, 0.25) is 5.95 Å². The van der Waals surface area contributed by atoms with E-state index in [2.05, 4.69) is 27.5 Å². The maximum absolute atomic E-state index is 10.0. The van der Waals surface area contributed by atoms with Crippen LogP contribution in [0, 0.1) is 6.92 Å². The number of hydrogen-bond acceptors (Lipinski definition) is 6. The second-order valence-corrected chi connectivity index (χ2v) is 6.57. The van der Waals surface area contributed by atoms with Crippen molar-refractivity contribution < 1.29 is 9.68 Å². The molecular weight excluding hydrogens is 339 g/mol. The summed E-state index contributed by atoms with van der Waals surface area (Å²) in [4.78, 5) is 9.01. The smallest absolute Gasteiger partial charge is 0.423 e. The van der Waals surface area contributed by atoms with Crippen molar-refractivity contribution in [1.29, 1.82) is 0 Å². The quantitative estimate of drug-likeness (QED) is 0.607. The maximum Gasteiger partial charge on any atom is 0.492 e. The molecule has 6 nitrogen and oxygen atoms in total. The van der Waals surface area contributed by atoms with Crippen LogP contribution in [0.4, 0.5) is 23.1 Å². The Kier molecular flexibility index (Phi) is 4.79. The molecule has 1 aromatic heterocycles. The molecule has 0 atom stereocenters. The molecular formula is C20H21BN4O2. The summed E-state index contributed by atoms with van der Waals surface area (Å²) in [7, 11) is -0.832. The Bertz CT molecular complexity index is 966. The zero-order valence-electron chi connectivity index (χ0n) is 15.4. The minimum absolute atomic E-state index is 0.411. The van der Waals surface area contributed by atoms with Crippen molar-refractivity contribution in [2.75, 3.05) is 10.6 Å². The van der Waals surface area contributed by atoms with Crippen LogP contribution in [0.5, 0.6) is 0 Å². The Morgan fingerprint density at radius 2 is 1.96 bits per heavy atom. The van der Waals surface area contributed by atoms with Gasteiger partial charge in [-0.2, -0.15) is 4.98 Å². The molecule has 0 saturated heterocycles. The third-order valence-corrected chi connectivity index (χ3v) is 4.64. The van der Waals surface area contributed by atoms with E-state index in [1.54, 1.807) is 6.20 Å². The van der Waals surface area contributed by atoms with E-state index in [-0.39, 0.29) is 0 Å². The highest BCUT2D eigenvalue weighted by molar-refractivity contribution is 6.62. The van der Waals surface area contributed by atoms with Gasteiger partial charge in [0.05, 0.1) is 6.61 Å². The molecule has 0 unspecified atom stereocenters. The van der Waals surface area contributed by atoms with Crippen LogP contribution in [0.15, 0.2) is 48.7 Å². The average Bonchev–Trinajstić information content (AvgIpc) is 3.05. The Labute approximate surface area is 158 Å². The summed E-state index contributed by atoms with van der Waals surface area (Å²) in [6.07, 6.45) is 2.61. The van der Waals surface area contributed by atoms with Gasteiger partial charge in [-0.1, -0.05) is 25.1 Å². The number of benzene rings is 2. The van der Waals surface area contributed by atoms with Gasteiger partial charge in [0.1, 0.15) is 5.82 Å². The lowest BCUT2D eigenvalue weighted by Gasteiger charge is -2.13. The number of anilines is 4. The first kappa shape index (κ1) is 17.5. The zero-order valence-corrected chi connectivity index (χ0v) is 15.4. The van der Waals surface area contributed by atoms with E-state index in [4.69, 9.17) is 4.65 Å². The topological polar surface area (TPSA) is 79.3 Å². The van der Waals surface area contributed by atoms with E-state index in [1.807, 2.05) is 49.4 Å². The molecule has 1 aliphatic rings. The minimum Gasteiger partial charge on any atom is -0.423 e. The molecule has 0 fully saturated rings. The fourth-order valence-corrected chi connectivity index (χ4v) is 3.25. The first-order valence-electron chi connectivity index (χ1n) is 9.02. The Morgan fingerprint density at radius 1 is 1.15 bits per heavy atom. The van der Waals surface area contributed by atoms with E-state index < -0.39 is 7.12 Å². The third-order valence-electron chi connectivity index (χ3n) is 4.64. The van der Waals surface area contributed by atoms with E-state index in [9.17, 15) is 5.02 Å². The normalized spacial score (nSPS) is 12.8. The Morgan fingerprint density at radius 3 is 2.74 bits per heavy atom. The summed E-state index contributed by atoms with van der Waals surface area (Å²) < 4.78 is 5.36. The van der Waals surface area contributed by atoms with Gasteiger partial charge >= 0.3 is 7.12 Å². The summed E-state index contributed by atoms with van der Waals surface area (Å²) in [6, 6.07) is 13.9. The van der Waals surface area contributed by atoms with Crippen LogP contribution >= 0.6 is 0 Å². The number of nitrogens with one attached hydrogen (secondary N) is 2. The predicted octanol–water partition coefficient (Wildman–Crippen LogP) is 3.05. The highest BCUT2D eigenvalue weighted by Crippen LogP contribution is 2.24. The lowest BCUT2D eigenvalue weighted by molar-refractivity contribution is 0.275. The zero-order chi connectivity index (χ0) is 18.8. The molecule has 0 bridgehead atoms. The third kappa shape index (κ3) is 3.65. The molecule has 27 heavy (non-hydrogen) atoms. The lowest BCUT2D eigenvalue weighted by Crippen LogP contribution is -2.31. The van der Waals surface area contributed by atoms with E-state index >= 15 is 0 Å². The first-order valence-corrected chi connectivity index (χ1v) is 9.02. The van der Waals surface area contributed by atoms with Gasteiger partial charge in [0.25, 0.3) is 0 Å². The molecule has 3 N–H and O–H groups in total. The van der Waals surface area contributed by atoms with E-state index in [0.717, 1.165) is 45.8 Å². The molecule has 2 heterocycles. The number of hydrogen-bond donors (Lipinski definition) is 3. The van der Waals surface area contributed by atoms with Crippen LogP contribution < -0.4 is 16.1 Å². The van der Waals surface area contributed by atoms with Gasteiger partial charge in [0.15, 0.2) is 0 Å². The number of nitrogens with zero attached hydrogens (tertiary/aromatic N) is 2. The van der Waals surface area contributed by atoms with Crippen LogP contribution in [0.1, 0.15) is 23.6 Å². The highest BCUT2D eigenvalue weighted by atomic mass is 16.5. The van der Waals surface area contributed by atoms with Gasteiger partial charge < -0.3 is 20.3 Å². The SMILES string of the molecule is CCc1cc(Nc2ncc(C)c(Nc3ccccc3)n2)cc2c1B(O)OC2. The van der Waals surface area contributed by atoms with Crippen molar-refractivity contribution in [3.63, 3.8) is 0 Å². The van der Waals surface area contributed by atoms with Gasteiger partial charge in [-0.15, -0.1) is 0 Å². The van der Waals surface area contributed by atoms with Crippen LogP contribution in [0.2, 0.25) is 0 Å². The van der Waals surface area contributed by atoms with Crippen molar-refractivity contribution in [2.45, 2.75) is 26.9 Å².